The van der Waals surface area contributed by atoms with Crippen LogP contribution in [0.5, 0.6) is 0 Å². The van der Waals surface area contributed by atoms with Gasteiger partial charge in [0.2, 0.25) is 0 Å². The molecule has 1 aliphatic carbocycles. The smallest absolute Gasteiger partial charge is 0.164 e. The number of aryl methyl sites for hydroxylation is 2. The third kappa shape index (κ3) is 1.79. The number of hydrogen-bond acceptors (Lipinski definition) is 4. The van der Waals surface area contributed by atoms with E-state index in [4.69, 9.17) is 5.73 Å². The number of nitrogens with two attached hydrogens (primary N) is 1. The van der Waals surface area contributed by atoms with Gasteiger partial charge < -0.3 is 5.73 Å². The Morgan fingerprint density at radius 3 is 2.78 bits per heavy atom. The lowest BCUT2D eigenvalue weighted by Crippen LogP contribution is -2.32. The van der Waals surface area contributed by atoms with Crippen molar-refractivity contribution < 1.29 is 0 Å². The van der Waals surface area contributed by atoms with E-state index >= 15 is 0 Å². The summed E-state index contributed by atoms with van der Waals surface area (Å²) in [5.41, 5.74) is 8.10. The highest BCUT2D eigenvalue weighted by Gasteiger charge is 2.28. The number of hydrogen-bond donors (Lipinski definition) is 1. The summed E-state index contributed by atoms with van der Waals surface area (Å²) in [7, 11) is 0. The molecule has 0 radical (unpaired) electrons. The van der Waals surface area contributed by atoms with Gasteiger partial charge in [0, 0.05) is 23.7 Å². The van der Waals surface area contributed by atoms with Gasteiger partial charge in [-0.25, -0.2) is 4.98 Å². The van der Waals surface area contributed by atoms with Crippen LogP contribution in [0.1, 0.15) is 48.9 Å². The number of rotatable bonds is 1. The molecule has 2 N–H and O–H groups in total. The second-order valence-corrected chi connectivity index (χ2v) is 5.25. The van der Waals surface area contributed by atoms with Crippen LogP contribution in [0.15, 0.2) is 6.07 Å². The largest absolute Gasteiger partial charge is 0.327 e. The van der Waals surface area contributed by atoms with E-state index in [-0.39, 0.29) is 6.04 Å². The Labute approximate surface area is 106 Å². The van der Waals surface area contributed by atoms with Crippen LogP contribution < -0.4 is 5.73 Å². The lowest BCUT2D eigenvalue weighted by molar-refractivity contribution is 0.370. The molecule has 0 aromatic carbocycles. The highest BCUT2D eigenvalue weighted by Crippen LogP contribution is 2.31. The van der Waals surface area contributed by atoms with E-state index in [0.29, 0.717) is 5.92 Å². The molecular formula is C13H19N5. The standard InChI is InChI=1S/C13H19N5/c1-8-7-12-16-17-13(18(12)9(2)15-8)10-5-3-4-6-11(10)14/h7,10-11H,3-6,14H2,1-2H3. The maximum atomic E-state index is 6.24. The fourth-order valence-corrected chi connectivity index (χ4v) is 2.98. The molecule has 1 saturated carbocycles. The normalized spacial score (nSPS) is 24.6. The third-order valence-electron chi connectivity index (χ3n) is 3.86. The van der Waals surface area contributed by atoms with Crippen molar-refractivity contribution in [1.29, 1.82) is 0 Å². The predicted octanol–water partition coefficient (Wildman–Crippen LogP) is 1.73. The Morgan fingerprint density at radius 1 is 1.22 bits per heavy atom. The minimum atomic E-state index is 0.201. The summed E-state index contributed by atoms with van der Waals surface area (Å²) in [4.78, 5) is 4.50. The minimum absolute atomic E-state index is 0.201. The van der Waals surface area contributed by atoms with E-state index in [1.165, 1.54) is 12.8 Å². The van der Waals surface area contributed by atoms with Crippen molar-refractivity contribution >= 4 is 5.65 Å². The number of fused-ring (bicyclic) bond motifs is 1. The predicted molar refractivity (Wildman–Crippen MR) is 69.4 cm³/mol. The Kier molecular flexibility index (Phi) is 2.78. The summed E-state index contributed by atoms with van der Waals surface area (Å²) in [6.07, 6.45) is 4.64. The molecule has 0 amide bonds. The Bertz CT molecular complexity index is 574. The van der Waals surface area contributed by atoms with Gasteiger partial charge in [0.15, 0.2) is 5.65 Å². The Hall–Kier alpha value is -1.49. The molecule has 1 aliphatic rings. The first-order chi connectivity index (χ1) is 8.66. The highest BCUT2D eigenvalue weighted by atomic mass is 15.3. The molecule has 1 fully saturated rings. The van der Waals surface area contributed by atoms with E-state index in [2.05, 4.69) is 19.6 Å². The van der Waals surface area contributed by atoms with Crippen LogP contribution in [0.3, 0.4) is 0 Å². The number of nitrogens with zero attached hydrogens (tertiary/aromatic N) is 4. The summed E-state index contributed by atoms with van der Waals surface area (Å²) >= 11 is 0. The summed E-state index contributed by atoms with van der Waals surface area (Å²) in [5, 5.41) is 8.63. The zero-order valence-corrected chi connectivity index (χ0v) is 10.9. The molecule has 2 heterocycles. The van der Waals surface area contributed by atoms with E-state index < -0.39 is 0 Å². The molecule has 2 atom stereocenters. The molecule has 0 spiro atoms. The molecule has 5 nitrogen and oxygen atoms in total. The summed E-state index contributed by atoms with van der Waals surface area (Å²) in [6.45, 7) is 3.98. The van der Waals surface area contributed by atoms with Crippen molar-refractivity contribution in [3.8, 4) is 0 Å². The molecule has 3 rings (SSSR count). The Balaban J connectivity index is 2.12. The van der Waals surface area contributed by atoms with Crippen LogP contribution in [-0.2, 0) is 0 Å². The van der Waals surface area contributed by atoms with Gasteiger partial charge in [-0.05, 0) is 26.7 Å². The minimum Gasteiger partial charge on any atom is -0.327 e. The van der Waals surface area contributed by atoms with Crippen LogP contribution in [-0.4, -0.2) is 25.6 Å². The molecule has 2 unspecified atom stereocenters. The van der Waals surface area contributed by atoms with Crippen molar-refractivity contribution in [2.75, 3.05) is 0 Å². The molecule has 0 saturated heterocycles. The summed E-state index contributed by atoms with van der Waals surface area (Å²) in [6, 6.07) is 2.17. The first-order valence-electron chi connectivity index (χ1n) is 6.61. The molecule has 2 aromatic heterocycles. The van der Waals surface area contributed by atoms with Crippen molar-refractivity contribution in [2.24, 2.45) is 5.73 Å². The SMILES string of the molecule is Cc1cc2nnc(C3CCCCC3N)n2c(C)n1. The summed E-state index contributed by atoms with van der Waals surface area (Å²) in [5.74, 6) is 2.25. The average Bonchev–Trinajstić information content (AvgIpc) is 2.73. The zero-order chi connectivity index (χ0) is 12.7. The van der Waals surface area contributed by atoms with Gasteiger partial charge in [-0.2, -0.15) is 0 Å². The van der Waals surface area contributed by atoms with Gasteiger partial charge in [-0.1, -0.05) is 12.8 Å². The van der Waals surface area contributed by atoms with Crippen molar-refractivity contribution in [2.45, 2.75) is 51.5 Å². The van der Waals surface area contributed by atoms with Crippen LogP contribution in [0.4, 0.5) is 0 Å². The maximum Gasteiger partial charge on any atom is 0.164 e. The van der Waals surface area contributed by atoms with Gasteiger partial charge in [-0.15, -0.1) is 10.2 Å². The second-order valence-electron chi connectivity index (χ2n) is 5.25. The molecular weight excluding hydrogens is 226 g/mol. The van der Waals surface area contributed by atoms with Crippen LogP contribution >= 0.6 is 0 Å². The quantitative estimate of drug-likeness (QED) is 0.830. The lowest BCUT2D eigenvalue weighted by atomic mass is 9.84. The van der Waals surface area contributed by atoms with E-state index in [1.807, 2.05) is 19.9 Å². The Morgan fingerprint density at radius 2 is 2.00 bits per heavy atom. The maximum absolute atomic E-state index is 6.24. The third-order valence-corrected chi connectivity index (χ3v) is 3.86. The van der Waals surface area contributed by atoms with Crippen LogP contribution in [0.2, 0.25) is 0 Å². The van der Waals surface area contributed by atoms with E-state index in [1.54, 1.807) is 0 Å². The van der Waals surface area contributed by atoms with Crippen LogP contribution in [0.25, 0.3) is 5.65 Å². The van der Waals surface area contributed by atoms with Crippen molar-refractivity contribution in [1.82, 2.24) is 19.6 Å². The van der Waals surface area contributed by atoms with E-state index in [0.717, 1.165) is 35.8 Å². The van der Waals surface area contributed by atoms with E-state index in [9.17, 15) is 0 Å². The number of aromatic nitrogens is 4. The second kappa shape index (κ2) is 4.31. The topological polar surface area (TPSA) is 69.1 Å². The average molecular weight is 245 g/mol. The van der Waals surface area contributed by atoms with Gasteiger partial charge in [0.25, 0.3) is 0 Å². The monoisotopic (exact) mass is 245 g/mol. The van der Waals surface area contributed by atoms with Gasteiger partial charge in [-0.3, -0.25) is 4.40 Å². The summed E-state index contributed by atoms with van der Waals surface area (Å²) < 4.78 is 2.06. The molecule has 96 valence electrons. The molecule has 0 bridgehead atoms. The molecule has 2 aromatic rings. The zero-order valence-electron chi connectivity index (χ0n) is 10.9. The van der Waals surface area contributed by atoms with Crippen molar-refractivity contribution in [3.05, 3.63) is 23.4 Å². The van der Waals surface area contributed by atoms with Crippen molar-refractivity contribution in [3.63, 3.8) is 0 Å². The lowest BCUT2D eigenvalue weighted by Gasteiger charge is -2.27. The molecule has 18 heavy (non-hydrogen) atoms. The molecule has 5 heteroatoms. The van der Waals surface area contributed by atoms with Crippen LogP contribution in [0, 0.1) is 13.8 Å². The van der Waals surface area contributed by atoms with Gasteiger partial charge >= 0.3 is 0 Å². The highest BCUT2D eigenvalue weighted by molar-refractivity contribution is 5.40. The van der Waals surface area contributed by atoms with Gasteiger partial charge in [0.05, 0.1) is 0 Å². The van der Waals surface area contributed by atoms with Gasteiger partial charge in [0.1, 0.15) is 11.6 Å². The first kappa shape index (κ1) is 11.6. The molecule has 0 aliphatic heterocycles. The fraction of sp³-hybridized carbons (Fsp3) is 0.615. The fourth-order valence-electron chi connectivity index (χ4n) is 2.98. The first-order valence-corrected chi connectivity index (χ1v) is 6.61.